The van der Waals surface area contributed by atoms with E-state index in [1.165, 1.54) is 18.6 Å². The average molecular weight is 384 g/mol. The van der Waals surface area contributed by atoms with Gasteiger partial charge in [-0.3, -0.25) is 9.69 Å². The number of benzene rings is 2. The molecule has 1 N–H and O–H groups in total. The Kier molecular flexibility index (Phi) is 4.98. The summed E-state index contributed by atoms with van der Waals surface area (Å²) in [5.41, 5.74) is 2.28. The zero-order chi connectivity index (χ0) is 19.7. The molecule has 0 atom stereocenters. The number of carbonyl (C=O) groups excluding carboxylic acids is 1. The number of halogens is 1. The van der Waals surface area contributed by atoms with Crippen molar-refractivity contribution in [2.75, 3.05) is 19.9 Å². The summed E-state index contributed by atoms with van der Waals surface area (Å²) in [5, 5.41) is 3.04. The summed E-state index contributed by atoms with van der Waals surface area (Å²) in [6, 6.07) is 10.8. The summed E-state index contributed by atoms with van der Waals surface area (Å²) >= 11 is 0. The van der Waals surface area contributed by atoms with Crippen LogP contribution >= 0.6 is 0 Å². The lowest BCUT2D eigenvalue weighted by atomic mass is 9.80. The number of ether oxygens (including phenoxy) is 2. The van der Waals surface area contributed by atoms with Crippen LogP contribution in [0.1, 0.15) is 36.5 Å². The zero-order valence-corrected chi connectivity index (χ0v) is 16.3. The molecule has 0 unspecified atom stereocenters. The number of hydrogen-bond acceptors (Lipinski definition) is 4. The molecule has 2 aliphatic rings. The second-order valence-corrected chi connectivity index (χ2v) is 7.65. The van der Waals surface area contributed by atoms with Gasteiger partial charge in [0.25, 0.3) is 0 Å². The van der Waals surface area contributed by atoms with Crippen LogP contribution in [-0.2, 0) is 16.9 Å². The van der Waals surface area contributed by atoms with Gasteiger partial charge in [-0.1, -0.05) is 18.2 Å². The molecule has 2 aromatic rings. The molecule has 2 aromatic carbocycles. The molecule has 6 heteroatoms. The van der Waals surface area contributed by atoms with Gasteiger partial charge in [-0.25, -0.2) is 4.39 Å². The number of nitrogens with zero attached hydrogens (tertiary/aromatic N) is 1. The van der Waals surface area contributed by atoms with Crippen LogP contribution in [0.3, 0.4) is 0 Å². The predicted molar refractivity (Wildman–Crippen MR) is 104 cm³/mol. The van der Waals surface area contributed by atoms with E-state index >= 15 is 0 Å². The second-order valence-electron chi connectivity index (χ2n) is 7.65. The van der Waals surface area contributed by atoms with Crippen LogP contribution in [0, 0.1) is 12.7 Å². The van der Waals surface area contributed by atoms with E-state index in [1.807, 2.05) is 18.2 Å². The average Bonchev–Trinajstić information content (AvgIpc) is 3.10. The predicted octanol–water partition coefficient (Wildman–Crippen LogP) is 3.49. The second kappa shape index (κ2) is 7.43. The molecule has 0 spiro atoms. The summed E-state index contributed by atoms with van der Waals surface area (Å²) in [7, 11) is 0. The summed E-state index contributed by atoms with van der Waals surface area (Å²) in [6.45, 7) is 6.15. The minimum Gasteiger partial charge on any atom is -0.454 e. The molecule has 28 heavy (non-hydrogen) atoms. The molecule has 0 aliphatic carbocycles. The van der Waals surface area contributed by atoms with Crippen LogP contribution in [0.4, 0.5) is 4.39 Å². The first kappa shape index (κ1) is 18.7. The van der Waals surface area contributed by atoms with Crippen LogP contribution in [0.5, 0.6) is 11.5 Å². The first-order valence-electron chi connectivity index (χ1n) is 9.62. The maximum Gasteiger partial charge on any atom is 0.231 e. The van der Waals surface area contributed by atoms with E-state index in [9.17, 15) is 9.18 Å². The Bertz CT molecular complexity index is 891. The first-order chi connectivity index (χ1) is 13.5. The molecule has 2 aliphatic heterocycles. The molecule has 1 fully saturated rings. The Morgan fingerprint density at radius 1 is 1.18 bits per heavy atom. The Hall–Kier alpha value is -2.60. The van der Waals surface area contributed by atoms with Crippen LogP contribution in [0.2, 0.25) is 0 Å². The van der Waals surface area contributed by atoms with Gasteiger partial charge in [0.1, 0.15) is 5.82 Å². The number of hydrogen-bond donors (Lipinski definition) is 1. The Morgan fingerprint density at radius 3 is 2.54 bits per heavy atom. The molecule has 1 amide bonds. The lowest BCUT2D eigenvalue weighted by Crippen LogP contribution is -2.52. The number of carbonyl (C=O) groups is 1. The maximum absolute atomic E-state index is 14.5. The number of aryl methyl sites for hydroxylation is 1. The van der Waals surface area contributed by atoms with Crippen molar-refractivity contribution >= 4 is 5.91 Å². The van der Waals surface area contributed by atoms with Crippen molar-refractivity contribution in [3.05, 3.63) is 58.9 Å². The van der Waals surface area contributed by atoms with Crippen molar-refractivity contribution < 1.29 is 18.7 Å². The third kappa shape index (κ3) is 3.56. The van der Waals surface area contributed by atoms with E-state index in [-0.39, 0.29) is 18.5 Å². The van der Waals surface area contributed by atoms with Crippen molar-refractivity contribution in [3.63, 3.8) is 0 Å². The molecule has 5 nitrogen and oxygen atoms in total. The van der Waals surface area contributed by atoms with E-state index in [0.717, 1.165) is 36.7 Å². The van der Waals surface area contributed by atoms with Crippen LogP contribution in [0.25, 0.3) is 0 Å². The molecule has 4 rings (SSSR count). The molecular weight excluding hydrogens is 359 g/mol. The third-order valence-corrected chi connectivity index (χ3v) is 5.74. The van der Waals surface area contributed by atoms with Gasteiger partial charge >= 0.3 is 0 Å². The van der Waals surface area contributed by atoms with Gasteiger partial charge in [0.15, 0.2) is 11.5 Å². The molecule has 0 radical (unpaired) electrons. The van der Waals surface area contributed by atoms with Crippen molar-refractivity contribution in [3.8, 4) is 11.5 Å². The fourth-order valence-corrected chi connectivity index (χ4v) is 4.24. The fourth-order valence-electron chi connectivity index (χ4n) is 4.24. The standard InChI is InChI=1S/C22H25FN2O3/c1-15-11-20-21(28-14-27-20)12-17(15)13-25-9-7-22(8-10-25,24-16(2)26)18-5-3-4-6-19(18)23/h3-6,11-12H,7-10,13-14H2,1-2H3,(H,24,26). The minimum atomic E-state index is -0.655. The van der Waals surface area contributed by atoms with Crippen LogP contribution in [-0.4, -0.2) is 30.7 Å². The van der Waals surface area contributed by atoms with Crippen molar-refractivity contribution in [2.24, 2.45) is 0 Å². The Morgan fingerprint density at radius 2 is 1.86 bits per heavy atom. The summed E-state index contributed by atoms with van der Waals surface area (Å²) < 4.78 is 25.4. The van der Waals surface area contributed by atoms with Crippen LogP contribution < -0.4 is 14.8 Å². The summed E-state index contributed by atoms with van der Waals surface area (Å²) in [6.07, 6.45) is 1.33. The number of rotatable bonds is 4. The van der Waals surface area contributed by atoms with Gasteiger partial charge in [0.05, 0.1) is 5.54 Å². The summed E-state index contributed by atoms with van der Waals surface area (Å²) in [5.74, 6) is 1.18. The molecular formula is C22H25FN2O3. The van der Waals surface area contributed by atoms with Gasteiger partial charge in [0, 0.05) is 32.1 Å². The number of fused-ring (bicyclic) bond motifs is 1. The van der Waals surface area contributed by atoms with Gasteiger partial charge in [0.2, 0.25) is 12.7 Å². The Labute approximate surface area is 164 Å². The zero-order valence-electron chi connectivity index (χ0n) is 16.3. The highest BCUT2D eigenvalue weighted by Crippen LogP contribution is 2.37. The number of nitrogens with one attached hydrogen (secondary N) is 1. The fraction of sp³-hybridized carbons (Fsp3) is 0.409. The molecule has 1 saturated heterocycles. The van der Waals surface area contributed by atoms with Crippen molar-refractivity contribution in [1.82, 2.24) is 10.2 Å². The lowest BCUT2D eigenvalue weighted by molar-refractivity contribution is -0.121. The number of amides is 1. The highest BCUT2D eigenvalue weighted by molar-refractivity contribution is 5.74. The van der Waals surface area contributed by atoms with E-state index in [1.54, 1.807) is 12.1 Å². The maximum atomic E-state index is 14.5. The number of likely N-dealkylation sites (tertiary alicyclic amines) is 1. The van der Waals surface area contributed by atoms with E-state index in [0.29, 0.717) is 18.4 Å². The van der Waals surface area contributed by atoms with Crippen molar-refractivity contribution in [2.45, 2.75) is 38.8 Å². The normalized spacial score (nSPS) is 18.1. The molecule has 148 valence electrons. The molecule has 0 aromatic heterocycles. The minimum absolute atomic E-state index is 0.136. The topological polar surface area (TPSA) is 50.8 Å². The molecule has 2 heterocycles. The quantitative estimate of drug-likeness (QED) is 0.877. The van der Waals surface area contributed by atoms with Gasteiger partial charge < -0.3 is 14.8 Å². The van der Waals surface area contributed by atoms with Crippen molar-refractivity contribution in [1.29, 1.82) is 0 Å². The van der Waals surface area contributed by atoms with E-state index in [4.69, 9.17) is 9.47 Å². The van der Waals surface area contributed by atoms with Gasteiger partial charge in [-0.05, 0) is 49.1 Å². The SMILES string of the molecule is CC(=O)NC1(c2ccccc2F)CCN(Cc2cc3c(cc2C)OCO3)CC1. The summed E-state index contributed by atoms with van der Waals surface area (Å²) in [4.78, 5) is 14.2. The monoisotopic (exact) mass is 384 g/mol. The smallest absolute Gasteiger partial charge is 0.231 e. The number of piperidine rings is 1. The first-order valence-corrected chi connectivity index (χ1v) is 9.62. The molecule has 0 bridgehead atoms. The largest absolute Gasteiger partial charge is 0.454 e. The van der Waals surface area contributed by atoms with E-state index < -0.39 is 5.54 Å². The van der Waals surface area contributed by atoms with Crippen LogP contribution in [0.15, 0.2) is 36.4 Å². The highest BCUT2D eigenvalue weighted by Gasteiger charge is 2.38. The van der Waals surface area contributed by atoms with Gasteiger partial charge in [-0.15, -0.1) is 0 Å². The van der Waals surface area contributed by atoms with E-state index in [2.05, 4.69) is 17.1 Å². The third-order valence-electron chi connectivity index (χ3n) is 5.74. The molecule has 0 saturated carbocycles. The highest BCUT2D eigenvalue weighted by atomic mass is 19.1. The lowest BCUT2D eigenvalue weighted by Gasteiger charge is -2.43. The van der Waals surface area contributed by atoms with Gasteiger partial charge in [-0.2, -0.15) is 0 Å². The Balaban J connectivity index is 1.51.